The van der Waals surface area contributed by atoms with Crippen molar-refractivity contribution in [3.8, 4) is 0 Å². The SMILES string of the molecule is CCC(=O)N[C@@H](CCC[C@@H](N)C(=O)O)C(=O)N[C@H](C)C(=O)N[C@H](C)C(=O)O. The maximum atomic E-state index is 12.4. The molecule has 0 aromatic rings. The second-order valence-electron chi connectivity index (χ2n) is 6.15. The molecule has 0 aliphatic rings. The quantitative estimate of drug-likeness (QED) is 0.234. The van der Waals surface area contributed by atoms with E-state index in [-0.39, 0.29) is 31.6 Å². The minimum atomic E-state index is -1.22. The summed E-state index contributed by atoms with van der Waals surface area (Å²) >= 11 is 0. The first-order valence-corrected chi connectivity index (χ1v) is 8.60. The highest BCUT2D eigenvalue weighted by molar-refractivity contribution is 5.93. The van der Waals surface area contributed by atoms with Crippen LogP contribution in [0.3, 0.4) is 0 Å². The zero-order valence-electron chi connectivity index (χ0n) is 15.7. The van der Waals surface area contributed by atoms with Gasteiger partial charge >= 0.3 is 11.9 Å². The lowest BCUT2D eigenvalue weighted by atomic mass is 10.0. The summed E-state index contributed by atoms with van der Waals surface area (Å²) in [6, 6.07) is -4.19. The van der Waals surface area contributed by atoms with Crippen molar-refractivity contribution in [2.45, 2.75) is 70.6 Å². The molecule has 0 radical (unpaired) electrons. The van der Waals surface area contributed by atoms with Gasteiger partial charge in [0.25, 0.3) is 0 Å². The first kappa shape index (κ1) is 24.3. The van der Waals surface area contributed by atoms with E-state index in [9.17, 15) is 24.0 Å². The van der Waals surface area contributed by atoms with E-state index in [1.54, 1.807) is 6.92 Å². The molecule has 0 rings (SSSR count). The van der Waals surface area contributed by atoms with Crippen LogP contribution in [0.25, 0.3) is 0 Å². The number of rotatable bonds is 12. The molecule has 27 heavy (non-hydrogen) atoms. The zero-order chi connectivity index (χ0) is 21.1. The number of amides is 3. The van der Waals surface area contributed by atoms with Gasteiger partial charge in [0.05, 0.1) is 0 Å². The molecule has 0 aromatic heterocycles. The van der Waals surface area contributed by atoms with Crippen LogP contribution in [0.4, 0.5) is 0 Å². The standard InChI is InChI=1S/C16H28N4O7/c1-4-12(21)20-11(7-5-6-10(17)16(26)27)14(23)18-8(2)13(22)19-9(3)15(24)25/h8-11H,4-7,17H2,1-3H3,(H,18,23)(H,19,22)(H,20,21)(H,24,25)(H,26,27)/t8-,9-,10-,11+/m1/s1. The summed E-state index contributed by atoms with van der Waals surface area (Å²) in [7, 11) is 0. The summed E-state index contributed by atoms with van der Waals surface area (Å²) in [5.74, 6) is -4.08. The van der Waals surface area contributed by atoms with Gasteiger partial charge in [-0.3, -0.25) is 24.0 Å². The predicted molar refractivity (Wildman–Crippen MR) is 94.5 cm³/mol. The molecule has 4 atom stereocenters. The van der Waals surface area contributed by atoms with Crippen molar-refractivity contribution < 1.29 is 34.2 Å². The molecule has 0 fully saturated rings. The third-order valence-corrected chi connectivity index (χ3v) is 3.78. The van der Waals surface area contributed by atoms with Crippen LogP contribution in [-0.4, -0.2) is 64.0 Å². The Balaban J connectivity index is 4.81. The van der Waals surface area contributed by atoms with Crippen molar-refractivity contribution in [1.29, 1.82) is 0 Å². The summed E-state index contributed by atoms with van der Waals surface area (Å²) in [4.78, 5) is 57.4. The second-order valence-corrected chi connectivity index (χ2v) is 6.15. The van der Waals surface area contributed by atoms with Crippen molar-refractivity contribution in [2.24, 2.45) is 5.73 Å². The molecule has 0 heterocycles. The molecular formula is C16H28N4O7. The molecule has 7 N–H and O–H groups in total. The monoisotopic (exact) mass is 388 g/mol. The Bertz CT molecular complexity index is 567. The van der Waals surface area contributed by atoms with Gasteiger partial charge < -0.3 is 31.9 Å². The highest BCUT2D eigenvalue weighted by Gasteiger charge is 2.25. The molecule has 0 aliphatic carbocycles. The van der Waals surface area contributed by atoms with Crippen molar-refractivity contribution in [2.75, 3.05) is 0 Å². The van der Waals surface area contributed by atoms with E-state index in [0.717, 1.165) is 0 Å². The van der Waals surface area contributed by atoms with Gasteiger partial charge in [0.2, 0.25) is 17.7 Å². The molecule has 0 spiro atoms. The number of aliphatic carboxylic acids is 2. The molecule has 0 bridgehead atoms. The lowest BCUT2D eigenvalue weighted by molar-refractivity contribution is -0.141. The van der Waals surface area contributed by atoms with Crippen LogP contribution >= 0.6 is 0 Å². The molecule has 0 aromatic carbocycles. The topological polar surface area (TPSA) is 188 Å². The average molecular weight is 388 g/mol. The van der Waals surface area contributed by atoms with Gasteiger partial charge in [-0.15, -0.1) is 0 Å². The van der Waals surface area contributed by atoms with E-state index in [2.05, 4.69) is 16.0 Å². The van der Waals surface area contributed by atoms with Crippen molar-refractivity contribution in [3.63, 3.8) is 0 Å². The van der Waals surface area contributed by atoms with Crippen LogP contribution in [0.1, 0.15) is 46.5 Å². The van der Waals surface area contributed by atoms with Crippen LogP contribution in [0.2, 0.25) is 0 Å². The number of hydrogen-bond donors (Lipinski definition) is 6. The highest BCUT2D eigenvalue weighted by Crippen LogP contribution is 2.05. The lowest BCUT2D eigenvalue weighted by Crippen LogP contribution is -2.54. The van der Waals surface area contributed by atoms with E-state index < -0.39 is 47.9 Å². The molecule has 0 unspecified atom stereocenters. The fraction of sp³-hybridized carbons (Fsp3) is 0.688. The number of nitrogens with one attached hydrogen (secondary N) is 3. The molecule has 11 nitrogen and oxygen atoms in total. The molecule has 3 amide bonds. The summed E-state index contributed by atoms with van der Waals surface area (Å²) in [5.41, 5.74) is 5.41. The van der Waals surface area contributed by atoms with Crippen LogP contribution in [-0.2, 0) is 24.0 Å². The Hall–Kier alpha value is -2.69. The average Bonchev–Trinajstić information content (AvgIpc) is 2.59. The van der Waals surface area contributed by atoms with E-state index in [1.807, 2.05) is 0 Å². The minimum absolute atomic E-state index is 0.118. The first-order chi connectivity index (χ1) is 12.5. The highest BCUT2D eigenvalue weighted by atomic mass is 16.4. The molecule has 11 heteroatoms. The van der Waals surface area contributed by atoms with Crippen LogP contribution in [0.5, 0.6) is 0 Å². The van der Waals surface area contributed by atoms with E-state index in [4.69, 9.17) is 15.9 Å². The van der Waals surface area contributed by atoms with Crippen LogP contribution in [0.15, 0.2) is 0 Å². The lowest BCUT2D eigenvalue weighted by Gasteiger charge is -2.22. The molecule has 0 saturated heterocycles. The van der Waals surface area contributed by atoms with Gasteiger partial charge in [0.15, 0.2) is 0 Å². The fourth-order valence-corrected chi connectivity index (χ4v) is 2.01. The Morgan fingerprint density at radius 1 is 0.852 bits per heavy atom. The van der Waals surface area contributed by atoms with Crippen molar-refractivity contribution in [1.82, 2.24) is 16.0 Å². The van der Waals surface area contributed by atoms with Crippen LogP contribution < -0.4 is 21.7 Å². The van der Waals surface area contributed by atoms with Gasteiger partial charge in [0.1, 0.15) is 24.2 Å². The number of nitrogens with two attached hydrogens (primary N) is 1. The van der Waals surface area contributed by atoms with E-state index in [1.165, 1.54) is 13.8 Å². The number of carbonyl (C=O) groups excluding carboxylic acids is 3. The van der Waals surface area contributed by atoms with Gasteiger partial charge in [-0.1, -0.05) is 6.92 Å². The Kier molecular flexibility index (Phi) is 10.7. The largest absolute Gasteiger partial charge is 0.480 e. The van der Waals surface area contributed by atoms with Gasteiger partial charge in [-0.25, -0.2) is 0 Å². The summed E-state index contributed by atoms with van der Waals surface area (Å²) in [6.45, 7) is 4.26. The number of carboxylic acid groups (broad SMARTS) is 2. The second kappa shape index (κ2) is 11.8. The van der Waals surface area contributed by atoms with Crippen LogP contribution in [0, 0.1) is 0 Å². The third kappa shape index (κ3) is 9.54. The third-order valence-electron chi connectivity index (χ3n) is 3.78. The Morgan fingerprint density at radius 3 is 1.89 bits per heavy atom. The predicted octanol–water partition coefficient (Wildman–Crippen LogP) is -1.44. The smallest absolute Gasteiger partial charge is 0.325 e. The van der Waals surface area contributed by atoms with Gasteiger partial charge in [0, 0.05) is 6.42 Å². The number of carboxylic acids is 2. The maximum Gasteiger partial charge on any atom is 0.325 e. The zero-order valence-corrected chi connectivity index (χ0v) is 15.7. The van der Waals surface area contributed by atoms with Gasteiger partial charge in [-0.05, 0) is 33.1 Å². The van der Waals surface area contributed by atoms with Crippen molar-refractivity contribution >= 4 is 29.7 Å². The minimum Gasteiger partial charge on any atom is -0.480 e. The number of carbonyl (C=O) groups is 5. The summed E-state index contributed by atoms with van der Waals surface area (Å²) < 4.78 is 0. The Morgan fingerprint density at radius 2 is 1.41 bits per heavy atom. The maximum absolute atomic E-state index is 12.4. The molecule has 0 aliphatic heterocycles. The molecular weight excluding hydrogens is 360 g/mol. The molecule has 0 saturated carbocycles. The normalized spacial score (nSPS) is 15.0. The first-order valence-electron chi connectivity index (χ1n) is 8.60. The van der Waals surface area contributed by atoms with E-state index in [0.29, 0.717) is 0 Å². The summed E-state index contributed by atoms with van der Waals surface area (Å²) in [5, 5.41) is 24.7. The number of hydrogen-bond acceptors (Lipinski definition) is 6. The van der Waals surface area contributed by atoms with E-state index >= 15 is 0 Å². The van der Waals surface area contributed by atoms with Gasteiger partial charge in [-0.2, -0.15) is 0 Å². The Labute approximate surface area is 157 Å². The summed E-state index contributed by atoms with van der Waals surface area (Å²) in [6.07, 6.45) is 0.669. The van der Waals surface area contributed by atoms with Crippen molar-refractivity contribution in [3.05, 3.63) is 0 Å². The molecule has 154 valence electrons. The fourth-order valence-electron chi connectivity index (χ4n) is 2.01.